The molecule has 12 heteroatoms. The number of H-pyrrole nitrogens is 1. The van der Waals surface area contributed by atoms with E-state index < -0.39 is 53.8 Å². The van der Waals surface area contributed by atoms with Crippen LogP contribution in [0.3, 0.4) is 0 Å². The number of aliphatic carboxylic acids is 1. The smallest absolute Gasteiger partial charge is 0.326 e. The van der Waals surface area contributed by atoms with E-state index in [9.17, 15) is 29.1 Å². The minimum absolute atomic E-state index is 0.0264. The zero-order chi connectivity index (χ0) is 30.8. The molecule has 3 rings (SSSR count). The molecule has 0 aliphatic rings. The maximum Gasteiger partial charge on any atom is 0.326 e. The first-order valence-corrected chi connectivity index (χ1v) is 13.7. The molecule has 42 heavy (non-hydrogen) atoms. The Morgan fingerprint density at radius 3 is 2.05 bits per heavy atom. The van der Waals surface area contributed by atoms with Crippen molar-refractivity contribution in [2.24, 2.45) is 17.4 Å². The zero-order valence-corrected chi connectivity index (χ0v) is 23.6. The molecule has 0 fully saturated rings. The second kappa shape index (κ2) is 14.8. The van der Waals surface area contributed by atoms with Crippen molar-refractivity contribution in [3.8, 4) is 0 Å². The first-order chi connectivity index (χ1) is 20.0. The summed E-state index contributed by atoms with van der Waals surface area (Å²) in [5, 5.41) is 18.4. The number of benzene rings is 2. The number of aromatic nitrogens is 1. The fourth-order valence-electron chi connectivity index (χ4n) is 4.45. The van der Waals surface area contributed by atoms with Gasteiger partial charge in [0, 0.05) is 36.4 Å². The molecule has 1 aromatic heterocycles. The van der Waals surface area contributed by atoms with Crippen LogP contribution in [0.5, 0.6) is 0 Å². The number of carbonyl (C=O) groups is 5. The quantitative estimate of drug-likeness (QED) is 0.137. The molecule has 2 aromatic carbocycles. The Balaban J connectivity index is 1.80. The van der Waals surface area contributed by atoms with Gasteiger partial charge in [0.05, 0.1) is 6.04 Å². The molecule has 0 bridgehead atoms. The molecule has 3 aromatic rings. The predicted octanol–water partition coefficient (Wildman–Crippen LogP) is 0.741. The summed E-state index contributed by atoms with van der Waals surface area (Å²) in [6.07, 6.45) is 1.33. The van der Waals surface area contributed by atoms with Crippen molar-refractivity contribution in [2.75, 3.05) is 0 Å². The van der Waals surface area contributed by atoms with E-state index in [2.05, 4.69) is 20.9 Å². The number of carbonyl (C=O) groups excluding carboxylic acids is 4. The Hall–Kier alpha value is -4.71. The van der Waals surface area contributed by atoms with Crippen LogP contribution in [0.1, 0.15) is 37.8 Å². The molecule has 9 N–H and O–H groups in total. The van der Waals surface area contributed by atoms with Gasteiger partial charge in [-0.3, -0.25) is 19.2 Å². The van der Waals surface area contributed by atoms with Crippen LogP contribution in [0.4, 0.5) is 0 Å². The van der Waals surface area contributed by atoms with Crippen LogP contribution in [0.25, 0.3) is 10.9 Å². The second-order valence-corrected chi connectivity index (χ2v) is 10.5. The van der Waals surface area contributed by atoms with Crippen LogP contribution in [0.15, 0.2) is 60.8 Å². The third kappa shape index (κ3) is 8.90. The van der Waals surface area contributed by atoms with Gasteiger partial charge in [0.2, 0.25) is 23.6 Å². The maximum atomic E-state index is 13.5. The highest BCUT2D eigenvalue weighted by Crippen LogP contribution is 2.19. The predicted molar refractivity (Wildman–Crippen MR) is 157 cm³/mol. The van der Waals surface area contributed by atoms with E-state index in [1.807, 2.05) is 30.3 Å². The summed E-state index contributed by atoms with van der Waals surface area (Å²) in [6.45, 7) is 3.55. The first kappa shape index (κ1) is 31.8. The average molecular weight is 579 g/mol. The molecule has 0 spiro atoms. The molecule has 0 saturated heterocycles. The van der Waals surface area contributed by atoms with Crippen LogP contribution in [0, 0.1) is 5.92 Å². The third-order valence-electron chi connectivity index (χ3n) is 6.96. The molecule has 0 saturated carbocycles. The fourth-order valence-corrected chi connectivity index (χ4v) is 4.45. The van der Waals surface area contributed by atoms with Crippen LogP contribution in [0.2, 0.25) is 0 Å². The van der Waals surface area contributed by atoms with Crippen molar-refractivity contribution in [1.82, 2.24) is 20.9 Å². The molecule has 4 atom stereocenters. The molecule has 0 radical (unpaired) electrons. The number of carboxylic acid groups (broad SMARTS) is 1. The van der Waals surface area contributed by atoms with Gasteiger partial charge in [-0.15, -0.1) is 0 Å². The second-order valence-electron chi connectivity index (χ2n) is 10.5. The minimum Gasteiger partial charge on any atom is -0.480 e. The Morgan fingerprint density at radius 1 is 0.810 bits per heavy atom. The summed E-state index contributed by atoms with van der Waals surface area (Å²) in [6, 6.07) is 11.7. The number of nitrogens with one attached hydrogen (secondary N) is 4. The molecule has 0 aliphatic carbocycles. The van der Waals surface area contributed by atoms with Gasteiger partial charge < -0.3 is 37.5 Å². The number of fused-ring (bicyclic) bond motifs is 1. The van der Waals surface area contributed by atoms with Gasteiger partial charge in [-0.2, -0.15) is 0 Å². The molecular formula is C30H38N6O6. The van der Waals surface area contributed by atoms with E-state index in [1.165, 1.54) is 0 Å². The van der Waals surface area contributed by atoms with Gasteiger partial charge in [-0.1, -0.05) is 62.4 Å². The monoisotopic (exact) mass is 578 g/mol. The molecule has 4 unspecified atom stereocenters. The van der Waals surface area contributed by atoms with Crippen LogP contribution < -0.4 is 27.4 Å². The first-order valence-electron chi connectivity index (χ1n) is 13.7. The summed E-state index contributed by atoms with van der Waals surface area (Å²) in [4.78, 5) is 66.3. The third-order valence-corrected chi connectivity index (χ3v) is 6.96. The highest BCUT2D eigenvalue weighted by Gasteiger charge is 2.31. The summed E-state index contributed by atoms with van der Waals surface area (Å²) < 4.78 is 0. The van der Waals surface area contributed by atoms with Crippen molar-refractivity contribution in [3.05, 3.63) is 71.9 Å². The summed E-state index contributed by atoms with van der Waals surface area (Å²) in [7, 11) is 0. The van der Waals surface area contributed by atoms with Gasteiger partial charge in [0.25, 0.3) is 0 Å². The average Bonchev–Trinajstić information content (AvgIpc) is 3.36. The highest BCUT2D eigenvalue weighted by molar-refractivity contribution is 5.95. The van der Waals surface area contributed by atoms with Gasteiger partial charge in [-0.25, -0.2) is 4.79 Å². The number of carboxylic acids is 1. The van der Waals surface area contributed by atoms with Crippen molar-refractivity contribution in [1.29, 1.82) is 0 Å². The summed E-state index contributed by atoms with van der Waals surface area (Å²) >= 11 is 0. The number of nitrogens with two attached hydrogens (primary N) is 2. The number of hydrogen-bond acceptors (Lipinski definition) is 6. The number of hydrogen-bond donors (Lipinski definition) is 7. The molecule has 4 amide bonds. The number of rotatable bonds is 15. The van der Waals surface area contributed by atoms with E-state index in [-0.39, 0.29) is 31.6 Å². The normalized spacial score (nSPS) is 14.0. The van der Waals surface area contributed by atoms with Crippen molar-refractivity contribution < 1.29 is 29.1 Å². The maximum absolute atomic E-state index is 13.5. The van der Waals surface area contributed by atoms with Gasteiger partial charge in [-0.05, 0) is 29.5 Å². The summed E-state index contributed by atoms with van der Waals surface area (Å²) in [5.74, 6) is -4.21. The van der Waals surface area contributed by atoms with E-state index in [0.717, 1.165) is 16.5 Å². The topological polar surface area (TPSA) is 209 Å². The fraction of sp³-hybridized carbons (Fsp3) is 0.367. The van der Waals surface area contributed by atoms with E-state index >= 15 is 0 Å². The zero-order valence-electron chi connectivity index (χ0n) is 23.6. The van der Waals surface area contributed by atoms with Crippen LogP contribution in [-0.4, -0.2) is 63.9 Å². The van der Waals surface area contributed by atoms with Crippen molar-refractivity contribution >= 4 is 40.5 Å². The lowest BCUT2D eigenvalue weighted by atomic mass is 10.0. The van der Waals surface area contributed by atoms with E-state index in [4.69, 9.17) is 11.5 Å². The van der Waals surface area contributed by atoms with Gasteiger partial charge in [0.1, 0.15) is 18.1 Å². The van der Waals surface area contributed by atoms with Gasteiger partial charge in [0.15, 0.2) is 0 Å². The minimum atomic E-state index is -1.33. The Kier molecular flexibility index (Phi) is 11.2. The largest absolute Gasteiger partial charge is 0.480 e. The Bertz CT molecular complexity index is 1410. The van der Waals surface area contributed by atoms with E-state index in [0.29, 0.717) is 5.56 Å². The lowest BCUT2D eigenvalue weighted by molar-refractivity contribution is -0.142. The van der Waals surface area contributed by atoms with Crippen molar-refractivity contribution in [3.63, 3.8) is 0 Å². The highest BCUT2D eigenvalue weighted by atomic mass is 16.4. The molecule has 0 aliphatic heterocycles. The molecular weight excluding hydrogens is 540 g/mol. The molecule has 224 valence electrons. The van der Waals surface area contributed by atoms with Crippen LogP contribution >= 0.6 is 0 Å². The van der Waals surface area contributed by atoms with E-state index in [1.54, 1.807) is 44.3 Å². The molecule has 1 heterocycles. The van der Waals surface area contributed by atoms with Crippen molar-refractivity contribution in [2.45, 2.75) is 63.7 Å². The number of primary amides is 1. The number of para-hydroxylation sites is 1. The standard InChI is InChI=1S/C30H38N6O6/c1-17(2)26(32)29(40)35-23(14-18-8-4-3-5-9-18)28(39)34-22(12-13-25(31)37)27(38)36-24(30(41)42)15-19-16-33-21-11-7-6-10-20(19)21/h3-11,16-17,22-24,26,33H,12-15,32H2,1-2H3,(H2,31,37)(H,34,39)(H,35,40)(H,36,38)(H,41,42). The Morgan fingerprint density at radius 2 is 1.40 bits per heavy atom. The summed E-state index contributed by atoms with van der Waals surface area (Å²) in [5.41, 5.74) is 13.5. The number of aromatic amines is 1. The SMILES string of the molecule is CC(C)C(N)C(=O)NC(Cc1ccccc1)C(=O)NC(CCC(N)=O)C(=O)NC(Cc1c[nH]c2ccccc12)C(=O)O. The molecule has 12 nitrogen and oxygen atoms in total. The lowest BCUT2D eigenvalue weighted by Crippen LogP contribution is -2.58. The van der Waals surface area contributed by atoms with Crippen LogP contribution in [-0.2, 0) is 36.8 Å². The van der Waals surface area contributed by atoms with Gasteiger partial charge >= 0.3 is 5.97 Å². The lowest BCUT2D eigenvalue weighted by Gasteiger charge is -2.26. The Labute approximate surface area is 243 Å². The number of amides is 4.